The van der Waals surface area contributed by atoms with E-state index in [-0.39, 0.29) is 18.9 Å². The van der Waals surface area contributed by atoms with Gasteiger partial charge in [0.1, 0.15) is 12.4 Å². The van der Waals surface area contributed by atoms with Gasteiger partial charge in [0.25, 0.3) is 0 Å². The molecule has 0 saturated carbocycles. The lowest BCUT2D eigenvalue weighted by molar-refractivity contribution is -0.133. The Balaban J connectivity index is 1.56. The quantitative estimate of drug-likeness (QED) is 0.735. The molecule has 5 heteroatoms. The summed E-state index contributed by atoms with van der Waals surface area (Å²) in [4.78, 5) is 17.2. The zero-order valence-corrected chi connectivity index (χ0v) is 13.1. The van der Waals surface area contributed by atoms with Crippen LogP contribution in [-0.4, -0.2) is 11.1 Å². The number of rotatable bonds is 5. The molecule has 118 valence electrons. The third-order valence-electron chi connectivity index (χ3n) is 3.76. The van der Waals surface area contributed by atoms with Gasteiger partial charge in [0, 0.05) is 5.56 Å². The lowest BCUT2D eigenvalue weighted by Crippen LogP contribution is -2.25. The fourth-order valence-electron chi connectivity index (χ4n) is 2.47. The van der Waals surface area contributed by atoms with Crippen LogP contribution in [-0.2, 0) is 22.7 Å². The molecule has 2 aromatic carbocycles. The summed E-state index contributed by atoms with van der Waals surface area (Å²) in [5.41, 5.74) is 5.04. The van der Waals surface area contributed by atoms with Gasteiger partial charge in [-0.2, -0.15) is 0 Å². The third kappa shape index (κ3) is 3.57. The molecule has 0 atom stereocenters. The molecule has 0 fully saturated rings. The second-order valence-electron chi connectivity index (χ2n) is 5.47. The lowest BCUT2D eigenvalue weighted by Gasteiger charge is -2.07. The highest BCUT2D eigenvalue weighted by Crippen LogP contribution is 2.16. The number of nitrogens with one attached hydrogen (secondary N) is 1. The van der Waals surface area contributed by atoms with Crippen LogP contribution in [0.25, 0.3) is 10.8 Å². The van der Waals surface area contributed by atoms with Gasteiger partial charge in [-0.3, -0.25) is 9.63 Å². The fourth-order valence-corrected chi connectivity index (χ4v) is 2.47. The summed E-state index contributed by atoms with van der Waals surface area (Å²) in [6.07, 6.45) is 0.270. The van der Waals surface area contributed by atoms with E-state index in [1.807, 2.05) is 56.3 Å². The topological polar surface area (TPSA) is 64.4 Å². The Bertz CT molecular complexity index is 820. The van der Waals surface area contributed by atoms with Crippen LogP contribution in [0.5, 0.6) is 0 Å². The van der Waals surface area contributed by atoms with E-state index >= 15 is 0 Å². The summed E-state index contributed by atoms with van der Waals surface area (Å²) < 4.78 is 5.05. The van der Waals surface area contributed by atoms with Gasteiger partial charge in [0.05, 0.1) is 12.1 Å². The molecular weight excluding hydrogens is 292 g/mol. The molecule has 0 aliphatic heterocycles. The van der Waals surface area contributed by atoms with Gasteiger partial charge in [-0.15, -0.1) is 0 Å². The summed E-state index contributed by atoms with van der Waals surface area (Å²) in [5, 5.41) is 6.12. The second-order valence-corrected chi connectivity index (χ2v) is 5.47. The first-order valence-electron chi connectivity index (χ1n) is 7.43. The minimum absolute atomic E-state index is 0.188. The highest BCUT2D eigenvalue weighted by molar-refractivity contribution is 5.85. The molecule has 0 bridgehead atoms. The SMILES string of the molecule is Cc1noc(C)c1CONC(=O)Cc1ccc2ccccc2c1. The largest absolute Gasteiger partial charge is 0.361 e. The molecule has 0 aliphatic carbocycles. The molecule has 3 aromatic rings. The molecule has 0 aliphatic rings. The standard InChI is InChI=1S/C18H18N2O3/c1-12-17(13(2)23-19-12)11-22-20-18(21)10-14-7-8-15-5-3-4-6-16(15)9-14/h3-9H,10-11H2,1-2H3,(H,20,21). The van der Waals surface area contributed by atoms with E-state index in [0.717, 1.165) is 27.6 Å². The normalized spacial score (nSPS) is 10.9. The minimum Gasteiger partial charge on any atom is -0.361 e. The smallest absolute Gasteiger partial charge is 0.247 e. The van der Waals surface area contributed by atoms with Gasteiger partial charge < -0.3 is 4.52 Å². The fraction of sp³-hybridized carbons (Fsp3) is 0.222. The van der Waals surface area contributed by atoms with Gasteiger partial charge in [0.15, 0.2) is 0 Å². The molecule has 1 amide bonds. The number of fused-ring (bicyclic) bond motifs is 1. The molecule has 1 aromatic heterocycles. The van der Waals surface area contributed by atoms with Crippen molar-refractivity contribution in [3.8, 4) is 0 Å². The minimum atomic E-state index is -0.188. The molecule has 0 unspecified atom stereocenters. The van der Waals surface area contributed by atoms with E-state index in [1.54, 1.807) is 0 Å². The number of aromatic nitrogens is 1. The Morgan fingerprint density at radius 2 is 1.96 bits per heavy atom. The van der Waals surface area contributed by atoms with Gasteiger partial charge in [-0.25, -0.2) is 5.48 Å². The highest BCUT2D eigenvalue weighted by atomic mass is 16.7. The molecule has 1 heterocycles. The summed E-state index contributed by atoms with van der Waals surface area (Å²) >= 11 is 0. The van der Waals surface area contributed by atoms with Crippen molar-refractivity contribution in [1.29, 1.82) is 0 Å². The van der Waals surface area contributed by atoms with Crippen molar-refractivity contribution in [2.75, 3.05) is 0 Å². The summed E-state index contributed by atoms with van der Waals surface area (Å²) in [7, 11) is 0. The summed E-state index contributed by atoms with van der Waals surface area (Å²) in [5.74, 6) is 0.512. The maximum absolute atomic E-state index is 12.0. The van der Waals surface area contributed by atoms with Crippen LogP contribution in [0.4, 0.5) is 0 Å². The predicted molar refractivity (Wildman–Crippen MR) is 86.6 cm³/mol. The first-order valence-corrected chi connectivity index (χ1v) is 7.43. The van der Waals surface area contributed by atoms with E-state index in [9.17, 15) is 4.79 Å². The van der Waals surface area contributed by atoms with Crippen molar-refractivity contribution in [2.45, 2.75) is 26.9 Å². The Labute approximate surface area is 134 Å². The van der Waals surface area contributed by atoms with Crippen molar-refractivity contribution in [1.82, 2.24) is 10.6 Å². The van der Waals surface area contributed by atoms with Crippen molar-refractivity contribution in [3.05, 3.63) is 65.0 Å². The number of hydrogen-bond acceptors (Lipinski definition) is 4. The molecule has 3 rings (SSSR count). The van der Waals surface area contributed by atoms with Crippen molar-refractivity contribution < 1.29 is 14.2 Å². The number of aryl methyl sites for hydroxylation is 2. The summed E-state index contributed by atoms with van der Waals surface area (Å²) in [6, 6.07) is 14.1. The maximum atomic E-state index is 12.0. The molecule has 0 saturated heterocycles. The number of nitrogens with zero attached hydrogens (tertiary/aromatic N) is 1. The van der Waals surface area contributed by atoms with Crippen LogP contribution in [0.2, 0.25) is 0 Å². The van der Waals surface area contributed by atoms with E-state index < -0.39 is 0 Å². The number of hydrogen-bond donors (Lipinski definition) is 1. The van der Waals surface area contributed by atoms with Gasteiger partial charge in [-0.1, -0.05) is 47.6 Å². The zero-order chi connectivity index (χ0) is 16.2. The van der Waals surface area contributed by atoms with Crippen molar-refractivity contribution in [2.24, 2.45) is 0 Å². The number of benzene rings is 2. The number of amides is 1. The summed E-state index contributed by atoms with van der Waals surface area (Å²) in [6.45, 7) is 3.90. The van der Waals surface area contributed by atoms with E-state index in [0.29, 0.717) is 5.76 Å². The van der Waals surface area contributed by atoms with E-state index in [2.05, 4.69) is 10.6 Å². The van der Waals surface area contributed by atoms with Crippen molar-refractivity contribution in [3.63, 3.8) is 0 Å². The van der Waals surface area contributed by atoms with Crippen LogP contribution < -0.4 is 5.48 Å². The Morgan fingerprint density at radius 1 is 1.17 bits per heavy atom. The Hall–Kier alpha value is -2.66. The van der Waals surface area contributed by atoms with Crippen LogP contribution in [0.3, 0.4) is 0 Å². The third-order valence-corrected chi connectivity index (χ3v) is 3.76. The van der Waals surface area contributed by atoms with Crippen LogP contribution in [0, 0.1) is 13.8 Å². The lowest BCUT2D eigenvalue weighted by atomic mass is 10.1. The Morgan fingerprint density at radius 3 is 2.70 bits per heavy atom. The van der Waals surface area contributed by atoms with Gasteiger partial charge in [-0.05, 0) is 30.2 Å². The van der Waals surface area contributed by atoms with E-state index in [1.165, 1.54) is 0 Å². The first-order chi connectivity index (χ1) is 11.1. The molecule has 1 N–H and O–H groups in total. The Kier molecular flexibility index (Phi) is 4.39. The molecule has 5 nitrogen and oxygen atoms in total. The number of carbonyl (C=O) groups is 1. The van der Waals surface area contributed by atoms with Crippen LogP contribution in [0.15, 0.2) is 47.0 Å². The van der Waals surface area contributed by atoms with Gasteiger partial charge in [0.2, 0.25) is 5.91 Å². The maximum Gasteiger partial charge on any atom is 0.247 e. The van der Waals surface area contributed by atoms with Crippen LogP contribution >= 0.6 is 0 Å². The van der Waals surface area contributed by atoms with Crippen LogP contribution in [0.1, 0.15) is 22.6 Å². The number of hydroxylamine groups is 1. The molecule has 23 heavy (non-hydrogen) atoms. The predicted octanol–water partition coefficient (Wildman–Crippen LogP) is 3.24. The second kappa shape index (κ2) is 6.62. The molecule has 0 spiro atoms. The number of carbonyl (C=O) groups excluding carboxylic acids is 1. The monoisotopic (exact) mass is 310 g/mol. The van der Waals surface area contributed by atoms with Gasteiger partial charge >= 0.3 is 0 Å². The molecular formula is C18H18N2O3. The average Bonchev–Trinajstić information content (AvgIpc) is 2.86. The van der Waals surface area contributed by atoms with Crippen molar-refractivity contribution >= 4 is 16.7 Å². The molecule has 0 radical (unpaired) electrons. The first kappa shape index (κ1) is 15.2. The average molecular weight is 310 g/mol. The highest BCUT2D eigenvalue weighted by Gasteiger charge is 2.10. The van der Waals surface area contributed by atoms with E-state index in [4.69, 9.17) is 9.36 Å². The zero-order valence-electron chi connectivity index (χ0n) is 13.1.